The zero-order chi connectivity index (χ0) is 32.7. The summed E-state index contributed by atoms with van der Waals surface area (Å²) in [5.74, 6) is -1.20. The third kappa shape index (κ3) is 8.90. The molecule has 0 bridgehead atoms. The van der Waals surface area contributed by atoms with Crippen molar-refractivity contribution < 1.29 is 23.4 Å². The highest BCUT2D eigenvalue weighted by Crippen LogP contribution is 2.34. The summed E-state index contributed by atoms with van der Waals surface area (Å²) >= 11 is 0. The van der Waals surface area contributed by atoms with E-state index in [-0.39, 0.29) is 30.3 Å². The number of benzene rings is 2. The molecule has 4 aromatic rings. The van der Waals surface area contributed by atoms with Crippen LogP contribution in [-0.2, 0) is 19.9 Å². The van der Waals surface area contributed by atoms with Crippen LogP contribution in [0.1, 0.15) is 27.2 Å². The molecule has 4 rings (SSSR count). The Hall–Kier alpha value is -3.80. The molecule has 2 aromatic carbocycles. The van der Waals surface area contributed by atoms with E-state index in [1.165, 1.54) is 12.1 Å². The van der Waals surface area contributed by atoms with Crippen LogP contribution in [0.4, 0.5) is 4.39 Å². The lowest BCUT2D eigenvalue weighted by Crippen LogP contribution is -2.53. The number of carbonyl (C=O) groups is 1. The van der Waals surface area contributed by atoms with Gasteiger partial charge in [0, 0.05) is 37.4 Å². The second-order valence-electron chi connectivity index (χ2n) is 13.2. The summed E-state index contributed by atoms with van der Waals surface area (Å²) in [6, 6.07) is 23.0. The Bertz CT molecular complexity index is 1650. The van der Waals surface area contributed by atoms with Crippen LogP contribution >= 0.6 is 0 Å². The van der Waals surface area contributed by atoms with Gasteiger partial charge in [0.15, 0.2) is 5.65 Å². The molecule has 0 spiro atoms. The Morgan fingerprint density at radius 2 is 1.78 bits per heavy atom. The molecule has 0 aliphatic carbocycles. The Morgan fingerprint density at radius 1 is 1.02 bits per heavy atom. The van der Waals surface area contributed by atoms with Crippen molar-refractivity contribution in [2.45, 2.75) is 56.8 Å². The molecule has 1 N–H and O–H groups in total. The fourth-order valence-corrected chi connectivity index (χ4v) is 6.50. The smallest absolute Gasteiger partial charge is 0.254 e. The minimum atomic E-state index is -2.04. The molecule has 8 nitrogen and oxygen atoms in total. The fourth-order valence-electron chi connectivity index (χ4n) is 4.59. The SMILES string of the molecule is C[Si](C)(C)CCOCOC(COC(NC(=O)c1ccccc1)(c1ccc(C#N)c(F)c1)c1ccc2cccnc2n1)[Si](C)(C)C. The lowest BCUT2D eigenvalue weighted by atomic mass is 9.95. The van der Waals surface area contributed by atoms with E-state index in [2.05, 4.69) is 49.6 Å². The third-order valence-electron chi connectivity index (χ3n) is 7.41. The zero-order valence-electron chi connectivity index (χ0n) is 26.8. The molecule has 2 unspecified atom stereocenters. The first-order valence-corrected chi connectivity index (χ1v) is 22.2. The van der Waals surface area contributed by atoms with E-state index in [0.717, 1.165) is 11.4 Å². The highest BCUT2D eigenvalue weighted by atomic mass is 28.3. The van der Waals surface area contributed by atoms with Gasteiger partial charge in [-0.25, -0.2) is 14.4 Å². The van der Waals surface area contributed by atoms with Gasteiger partial charge in [-0.1, -0.05) is 63.5 Å². The molecule has 2 aromatic heterocycles. The average Bonchev–Trinajstić information content (AvgIpc) is 3.00. The molecule has 236 valence electrons. The van der Waals surface area contributed by atoms with E-state index in [9.17, 15) is 10.1 Å². The van der Waals surface area contributed by atoms with Crippen molar-refractivity contribution in [3.05, 3.63) is 107 Å². The van der Waals surface area contributed by atoms with Crippen LogP contribution in [0.2, 0.25) is 45.3 Å². The van der Waals surface area contributed by atoms with Crippen molar-refractivity contribution in [1.29, 1.82) is 5.26 Å². The van der Waals surface area contributed by atoms with Crippen molar-refractivity contribution >= 4 is 33.1 Å². The maximum atomic E-state index is 15.3. The molecule has 0 saturated heterocycles. The molecule has 2 atom stereocenters. The van der Waals surface area contributed by atoms with Gasteiger partial charge in [0.2, 0.25) is 5.72 Å². The summed E-state index contributed by atoms with van der Waals surface area (Å²) in [7, 11) is -3.30. The highest BCUT2D eigenvalue weighted by molar-refractivity contribution is 6.77. The normalized spacial score (nSPS) is 14.0. The van der Waals surface area contributed by atoms with Crippen LogP contribution in [0.3, 0.4) is 0 Å². The molecule has 11 heteroatoms. The predicted molar refractivity (Wildman–Crippen MR) is 178 cm³/mol. The lowest BCUT2D eigenvalue weighted by molar-refractivity contribution is -0.116. The average molecular weight is 645 g/mol. The number of hydrogen-bond donors (Lipinski definition) is 1. The number of pyridine rings is 2. The summed E-state index contributed by atoms with van der Waals surface area (Å²) in [5.41, 5.74) is -0.886. The number of aromatic nitrogens is 2. The topological polar surface area (TPSA) is 106 Å². The molecule has 0 saturated carbocycles. The van der Waals surface area contributed by atoms with Gasteiger partial charge in [-0.15, -0.1) is 0 Å². The molecule has 0 radical (unpaired) electrons. The Morgan fingerprint density at radius 3 is 2.44 bits per heavy atom. The van der Waals surface area contributed by atoms with Crippen LogP contribution in [-0.4, -0.2) is 57.8 Å². The van der Waals surface area contributed by atoms with Crippen LogP contribution in [0.15, 0.2) is 79.0 Å². The number of nitrogens with one attached hydrogen (secondary N) is 1. The van der Waals surface area contributed by atoms with E-state index in [1.807, 2.05) is 30.3 Å². The monoisotopic (exact) mass is 644 g/mol. The van der Waals surface area contributed by atoms with Crippen molar-refractivity contribution in [1.82, 2.24) is 15.3 Å². The fraction of sp³-hybridized carbons (Fsp3) is 0.353. The number of rotatable bonds is 14. The van der Waals surface area contributed by atoms with Crippen LogP contribution < -0.4 is 5.32 Å². The summed E-state index contributed by atoms with van der Waals surface area (Å²) in [4.78, 5) is 23.0. The highest BCUT2D eigenvalue weighted by Gasteiger charge is 2.42. The largest absolute Gasteiger partial charge is 0.356 e. The first-order chi connectivity index (χ1) is 21.3. The minimum Gasteiger partial charge on any atom is -0.356 e. The number of fused-ring (bicyclic) bond motifs is 1. The molecular weight excluding hydrogens is 604 g/mol. The summed E-state index contributed by atoms with van der Waals surface area (Å²) in [6.45, 7) is 14.1. The number of hydrogen-bond acceptors (Lipinski definition) is 7. The third-order valence-corrected chi connectivity index (χ3v) is 11.4. The van der Waals surface area contributed by atoms with E-state index >= 15 is 4.39 Å². The summed E-state index contributed by atoms with van der Waals surface area (Å²) < 4.78 is 34.2. The van der Waals surface area contributed by atoms with Gasteiger partial charge in [0.1, 0.15) is 24.4 Å². The molecule has 1 amide bonds. The Labute approximate surface area is 266 Å². The van der Waals surface area contributed by atoms with E-state index in [0.29, 0.717) is 23.5 Å². The standard InChI is InChI=1S/C34H41FN4O4Si2/c1-44(2,3)20-19-41-24-42-31(45(4,5)6)23-43-34(28-16-14-27(22-36)29(35)21-28,39-33(40)26-11-8-7-9-12-26)30-17-15-25-13-10-18-37-32(25)38-30/h7-18,21,31H,19-20,23-24H2,1-6H3,(H,39,40). The lowest BCUT2D eigenvalue weighted by Gasteiger charge is -2.38. The van der Waals surface area contributed by atoms with Crippen LogP contribution in [0.25, 0.3) is 11.0 Å². The van der Waals surface area contributed by atoms with Gasteiger partial charge in [-0.2, -0.15) is 5.26 Å². The van der Waals surface area contributed by atoms with Gasteiger partial charge < -0.3 is 19.5 Å². The van der Waals surface area contributed by atoms with Crippen LogP contribution in [0.5, 0.6) is 0 Å². The first kappa shape index (κ1) is 34.1. The van der Waals surface area contributed by atoms with Crippen LogP contribution in [0, 0.1) is 17.1 Å². The van der Waals surface area contributed by atoms with Crippen molar-refractivity contribution in [2.75, 3.05) is 20.0 Å². The maximum Gasteiger partial charge on any atom is 0.254 e. The first-order valence-electron chi connectivity index (χ1n) is 15.0. The molecular formula is C34H41FN4O4Si2. The summed E-state index contributed by atoms with van der Waals surface area (Å²) in [5, 5.41) is 13.3. The number of nitrogens with zero attached hydrogens (tertiary/aromatic N) is 3. The number of ether oxygens (including phenoxy) is 3. The zero-order valence-corrected chi connectivity index (χ0v) is 28.8. The number of carbonyl (C=O) groups excluding carboxylic acids is 1. The van der Waals surface area contributed by atoms with Crippen molar-refractivity contribution in [3.63, 3.8) is 0 Å². The molecule has 0 aliphatic rings. The Kier molecular flexibility index (Phi) is 11.0. The van der Waals surface area contributed by atoms with Gasteiger partial charge in [-0.3, -0.25) is 4.79 Å². The maximum absolute atomic E-state index is 15.3. The number of nitriles is 1. The molecule has 0 aliphatic heterocycles. The second-order valence-corrected chi connectivity index (χ2v) is 24.2. The van der Waals surface area contributed by atoms with Crippen molar-refractivity contribution in [2.24, 2.45) is 0 Å². The quantitative estimate of drug-likeness (QED) is 0.0908. The second kappa shape index (κ2) is 14.5. The predicted octanol–water partition coefficient (Wildman–Crippen LogP) is 6.86. The Balaban J connectivity index is 1.79. The minimum absolute atomic E-state index is 0.0473. The van der Waals surface area contributed by atoms with Gasteiger partial charge in [-0.05, 0) is 54.6 Å². The van der Waals surface area contributed by atoms with Gasteiger partial charge >= 0.3 is 0 Å². The molecule has 2 heterocycles. The van der Waals surface area contributed by atoms with Gasteiger partial charge in [0.05, 0.1) is 26.0 Å². The van der Waals surface area contributed by atoms with E-state index < -0.39 is 33.6 Å². The molecule has 0 fully saturated rings. The summed E-state index contributed by atoms with van der Waals surface area (Å²) in [6.07, 6.45) is 1.63. The van der Waals surface area contributed by atoms with E-state index in [1.54, 1.807) is 42.6 Å². The number of amides is 1. The van der Waals surface area contributed by atoms with Gasteiger partial charge in [0.25, 0.3) is 5.91 Å². The van der Waals surface area contributed by atoms with Crippen molar-refractivity contribution in [3.8, 4) is 6.07 Å². The van der Waals surface area contributed by atoms with E-state index in [4.69, 9.17) is 19.2 Å². The molecule has 45 heavy (non-hydrogen) atoms. The number of halogens is 1.